The van der Waals surface area contributed by atoms with Gasteiger partial charge < -0.3 is 19.1 Å². The number of anilines is 1. The molecule has 1 atom stereocenters. The van der Waals surface area contributed by atoms with Crippen molar-refractivity contribution in [1.82, 2.24) is 0 Å². The Kier molecular flexibility index (Phi) is 2.51. The first-order valence-corrected chi connectivity index (χ1v) is 9.42. The average Bonchev–Trinajstić information content (AvgIpc) is 3.24. The van der Waals surface area contributed by atoms with Gasteiger partial charge in [-0.1, -0.05) is 12.1 Å². The maximum atomic E-state index is 6.13. The summed E-state index contributed by atoms with van der Waals surface area (Å²) >= 11 is 1.98. The fourth-order valence-electron chi connectivity index (χ4n) is 4.52. The topological polar surface area (TPSA) is 30.9 Å². The summed E-state index contributed by atoms with van der Waals surface area (Å²) in [6.07, 6.45) is 1.23. The lowest BCUT2D eigenvalue weighted by molar-refractivity contribution is 0.173. The second kappa shape index (κ2) is 4.54. The first kappa shape index (κ1) is 13.3. The standard InChI is InChI=1S/C19H17NO3S/c1-3-12-18-17(4-1)24-6-2-5-20(18)9-19(12)10-21-14-8-16-15(7-13(14)19)22-11-23-16/h1,3-4,7-8H,2,5-6,9-11H2. The van der Waals surface area contributed by atoms with Crippen LogP contribution < -0.4 is 19.1 Å². The van der Waals surface area contributed by atoms with Gasteiger partial charge in [-0.15, -0.1) is 11.8 Å². The molecule has 2 aromatic rings. The number of fused-ring (bicyclic) bond motifs is 4. The lowest BCUT2D eigenvalue weighted by Gasteiger charge is -2.25. The number of ether oxygens (including phenoxy) is 3. The Balaban J connectivity index is 1.59. The van der Waals surface area contributed by atoms with Gasteiger partial charge >= 0.3 is 0 Å². The van der Waals surface area contributed by atoms with Gasteiger partial charge in [0.2, 0.25) is 6.79 Å². The maximum Gasteiger partial charge on any atom is 0.231 e. The molecule has 0 aromatic heterocycles. The van der Waals surface area contributed by atoms with Crippen molar-refractivity contribution < 1.29 is 14.2 Å². The van der Waals surface area contributed by atoms with E-state index in [9.17, 15) is 0 Å². The molecule has 1 spiro atoms. The molecule has 5 heteroatoms. The quantitative estimate of drug-likeness (QED) is 0.734. The molecule has 0 amide bonds. The van der Waals surface area contributed by atoms with Crippen molar-refractivity contribution in [1.29, 1.82) is 0 Å². The minimum absolute atomic E-state index is 0.0838. The molecule has 0 bridgehead atoms. The van der Waals surface area contributed by atoms with Gasteiger partial charge in [-0.05, 0) is 29.9 Å². The molecule has 0 radical (unpaired) electrons. The molecule has 4 aliphatic rings. The lowest BCUT2D eigenvalue weighted by Crippen LogP contribution is -2.36. The molecule has 4 heterocycles. The highest BCUT2D eigenvalue weighted by atomic mass is 32.2. The molecule has 122 valence electrons. The zero-order chi connectivity index (χ0) is 15.7. The van der Waals surface area contributed by atoms with Crippen LogP contribution in [0.3, 0.4) is 0 Å². The van der Waals surface area contributed by atoms with Gasteiger partial charge in [0, 0.05) is 29.6 Å². The van der Waals surface area contributed by atoms with Crippen molar-refractivity contribution in [3.63, 3.8) is 0 Å². The second-order valence-electron chi connectivity index (χ2n) is 6.85. The normalized spacial score (nSPS) is 25.4. The van der Waals surface area contributed by atoms with Gasteiger partial charge in [0.15, 0.2) is 11.5 Å². The summed E-state index contributed by atoms with van der Waals surface area (Å²) in [5.41, 5.74) is 4.00. The molecular formula is C19H17NO3S. The maximum absolute atomic E-state index is 6.13. The van der Waals surface area contributed by atoms with Crippen LogP contribution in [0.4, 0.5) is 5.69 Å². The van der Waals surface area contributed by atoms with E-state index in [-0.39, 0.29) is 5.41 Å². The fraction of sp³-hybridized carbons (Fsp3) is 0.368. The molecule has 4 aliphatic heterocycles. The summed E-state index contributed by atoms with van der Waals surface area (Å²) in [4.78, 5) is 3.98. The van der Waals surface area contributed by atoms with Gasteiger partial charge in [-0.2, -0.15) is 0 Å². The SMILES string of the molecule is c1cc2c3c(c1)C1(COc4cc5c(cc41)OCO5)CN3CCCS2. The van der Waals surface area contributed by atoms with Crippen LogP contribution in [0.1, 0.15) is 17.5 Å². The third-order valence-corrected chi connectivity index (χ3v) is 6.72. The lowest BCUT2D eigenvalue weighted by atomic mass is 9.77. The number of benzene rings is 2. The van der Waals surface area contributed by atoms with E-state index >= 15 is 0 Å². The van der Waals surface area contributed by atoms with Gasteiger partial charge in [-0.3, -0.25) is 0 Å². The summed E-state index contributed by atoms with van der Waals surface area (Å²) in [5, 5.41) is 0. The summed E-state index contributed by atoms with van der Waals surface area (Å²) in [6, 6.07) is 10.9. The van der Waals surface area contributed by atoms with Crippen molar-refractivity contribution in [3.8, 4) is 17.2 Å². The van der Waals surface area contributed by atoms with E-state index in [1.54, 1.807) is 0 Å². The van der Waals surface area contributed by atoms with Crippen LogP contribution >= 0.6 is 11.8 Å². The number of hydrogen-bond acceptors (Lipinski definition) is 5. The van der Waals surface area contributed by atoms with E-state index in [1.165, 1.54) is 33.9 Å². The Labute approximate surface area is 144 Å². The summed E-state index contributed by atoms with van der Waals surface area (Å²) in [5.74, 6) is 3.79. The molecule has 6 rings (SSSR count). The zero-order valence-corrected chi connectivity index (χ0v) is 14.0. The number of para-hydroxylation sites is 1. The minimum Gasteiger partial charge on any atom is -0.492 e. The number of hydrogen-bond donors (Lipinski definition) is 0. The van der Waals surface area contributed by atoms with Crippen molar-refractivity contribution in [2.24, 2.45) is 0 Å². The van der Waals surface area contributed by atoms with Crippen molar-refractivity contribution in [2.75, 3.05) is 37.1 Å². The molecule has 0 N–H and O–H groups in total. The van der Waals surface area contributed by atoms with Crippen LogP contribution in [0.5, 0.6) is 17.2 Å². The van der Waals surface area contributed by atoms with Gasteiger partial charge in [0.1, 0.15) is 12.4 Å². The molecule has 24 heavy (non-hydrogen) atoms. The third-order valence-electron chi connectivity index (χ3n) is 5.59. The third kappa shape index (κ3) is 1.56. The first-order valence-electron chi connectivity index (χ1n) is 8.43. The van der Waals surface area contributed by atoms with E-state index in [1.807, 2.05) is 17.8 Å². The predicted octanol–water partition coefficient (Wildman–Crippen LogP) is 3.41. The molecule has 2 aromatic carbocycles. The van der Waals surface area contributed by atoms with E-state index < -0.39 is 0 Å². The van der Waals surface area contributed by atoms with E-state index in [4.69, 9.17) is 14.2 Å². The van der Waals surface area contributed by atoms with Crippen molar-refractivity contribution in [3.05, 3.63) is 41.5 Å². The van der Waals surface area contributed by atoms with Gasteiger partial charge in [0.25, 0.3) is 0 Å². The highest BCUT2D eigenvalue weighted by Gasteiger charge is 2.51. The van der Waals surface area contributed by atoms with E-state index in [2.05, 4.69) is 29.2 Å². The Hall–Kier alpha value is -2.01. The summed E-state index contributed by atoms with van der Waals surface area (Å²) in [6.45, 7) is 3.11. The summed E-state index contributed by atoms with van der Waals surface area (Å²) in [7, 11) is 0. The zero-order valence-electron chi connectivity index (χ0n) is 13.2. The molecule has 0 fully saturated rings. The summed E-state index contributed by atoms with van der Waals surface area (Å²) < 4.78 is 17.3. The molecular weight excluding hydrogens is 322 g/mol. The molecule has 0 aliphatic carbocycles. The second-order valence-corrected chi connectivity index (χ2v) is 7.99. The molecule has 0 saturated carbocycles. The van der Waals surface area contributed by atoms with Gasteiger partial charge in [-0.25, -0.2) is 0 Å². The minimum atomic E-state index is -0.0838. The van der Waals surface area contributed by atoms with Crippen LogP contribution in [0.15, 0.2) is 35.2 Å². The fourth-order valence-corrected chi connectivity index (χ4v) is 5.56. The van der Waals surface area contributed by atoms with Gasteiger partial charge in [0.05, 0.1) is 11.1 Å². The Morgan fingerprint density at radius 2 is 1.92 bits per heavy atom. The highest BCUT2D eigenvalue weighted by Crippen LogP contribution is 2.56. The highest BCUT2D eigenvalue weighted by molar-refractivity contribution is 7.99. The number of nitrogens with zero attached hydrogens (tertiary/aromatic N) is 1. The Morgan fingerprint density at radius 3 is 2.88 bits per heavy atom. The average molecular weight is 339 g/mol. The van der Waals surface area contributed by atoms with Crippen molar-refractivity contribution in [2.45, 2.75) is 16.7 Å². The Bertz CT molecular complexity index is 868. The van der Waals surface area contributed by atoms with Crippen molar-refractivity contribution >= 4 is 17.4 Å². The molecule has 0 saturated heterocycles. The largest absolute Gasteiger partial charge is 0.492 e. The molecule has 1 unspecified atom stereocenters. The van der Waals surface area contributed by atoms with E-state index in [0.29, 0.717) is 13.4 Å². The van der Waals surface area contributed by atoms with Crippen LogP contribution in [0.25, 0.3) is 0 Å². The number of rotatable bonds is 0. The smallest absolute Gasteiger partial charge is 0.231 e. The van der Waals surface area contributed by atoms with E-state index in [0.717, 1.165) is 30.3 Å². The Morgan fingerprint density at radius 1 is 1.00 bits per heavy atom. The predicted molar refractivity (Wildman–Crippen MR) is 92.8 cm³/mol. The van der Waals surface area contributed by atoms with Crippen LogP contribution in [0.2, 0.25) is 0 Å². The monoisotopic (exact) mass is 339 g/mol. The van der Waals surface area contributed by atoms with Crippen LogP contribution in [-0.4, -0.2) is 32.2 Å². The number of thioether (sulfide) groups is 1. The van der Waals surface area contributed by atoms with Crippen LogP contribution in [-0.2, 0) is 5.41 Å². The molecule has 4 nitrogen and oxygen atoms in total. The van der Waals surface area contributed by atoms with Crippen LogP contribution in [0, 0.1) is 0 Å². The first-order chi connectivity index (χ1) is 11.9.